The van der Waals surface area contributed by atoms with Crippen LogP contribution in [0.5, 0.6) is 0 Å². The van der Waals surface area contributed by atoms with E-state index in [0.717, 1.165) is 60.8 Å². The highest BCUT2D eigenvalue weighted by Gasteiger charge is 2.28. The lowest BCUT2D eigenvalue weighted by molar-refractivity contribution is 0.651. The van der Waals surface area contributed by atoms with Gasteiger partial charge in [0.15, 0.2) is 0 Å². The van der Waals surface area contributed by atoms with Gasteiger partial charge in [-0.25, -0.2) is 4.98 Å². The summed E-state index contributed by atoms with van der Waals surface area (Å²) in [5.74, 6) is 0.562. The Labute approximate surface area is 345 Å². The molecule has 0 saturated carbocycles. The van der Waals surface area contributed by atoms with Crippen molar-refractivity contribution in [1.29, 1.82) is 0 Å². The van der Waals surface area contributed by atoms with Crippen molar-refractivity contribution in [2.45, 2.75) is 0 Å². The van der Waals surface area contributed by atoms with Crippen molar-refractivity contribution in [2.75, 3.05) is 0 Å². The van der Waals surface area contributed by atoms with Crippen molar-refractivity contribution in [2.24, 2.45) is 0 Å². The van der Waals surface area contributed by atoms with Gasteiger partial charge >= 0.3 is 0 Å². The van der Waals surface area contributed by atoms with Gasteiger partial charge < -0.3 is 8.98 Å². The van der Waals surface area contributed by atoms with Crippen LogP contribution in [0.25, 0.3) is 130 Å². The Morgan fingerprint density at radius 3 is 1.95 bits per heavy atom. The third-order valence-electron chi connectivity index (χ3n) is 12.5. The molecule has 0 aliphatic rings. The predicted octanol–water partition coefficient (Wildman–Crippen LogP) is 14.9. The van der Waals surface area contributed by atoms with Crippen molar-refractivity contribution < 1.29 is 4.42 Å². The Hall–Kier alpha value is -7.80. The van der Waals surface area contributed by atoms with Crippen molar-refractivity contribution in [3.05, 3.63) is 182 Å². The summed E-state index contributed by atoms with van der Waals surface area (Å²) in [6, 6.07) is 65.2. The van der Waals surface area contributed by atoms with E-state index in [9.17, 15) is 0 Å². The first-order valence-corrected chi connectivity index (χ1v) is 21.1. The molecule has 0 bridgehead atoms. The molecule has 0 saturated heterocycles. The molecule has 0 atom stereocenters. The van der Waals surface area contributed by atoms with Gasteiger partial charge in [0.05, 0.1) is 33.1 Å². The Kier molecular flexibility index (Phi) is 6.38. The average Bonchev–Trinajstić information content (AvgIpc) is 4.07. The summed E-state index contributed by atoms with van der Waals surface area (Å²) < 4.78 is 13.9. The monoisotopic (exact) mass is 782 g/mol. The molecule has 14 aromatic rings. The number of fused-ring (bicyclic) bond motifs is 18. The van der Waals surface area contributed by atoms with Crippen LogP contribution in [-0.4, -0.2) is 19.1 Å². The van der Waals surface area contributed by atoms with Crippen molar-refractivity contribution in [3.8, 4) is 22.9 Å². The van der Waals surface area contributed by atoms with Crippen LogP contribution < -0.4 is 0 Å². The van der Waals surface area contributed by atoms with E-state index in [1.165, 1.54) is 57.9 Å². The third kappa shape index (κ3) is 4.19. The van der Waals surface area contributed by atoms with E-state index in [-0.39, 0.29) is 0 Å². The summed E-state index contributed by atoms with van der Waals surface area (Å²) in [6.07, 6.45) is 0. The molecule has 5 aromatic heterocycles. The van der Waals surface area contributed by atoms with Gasteiger partial charge in [0.1, 0.15) is 5.58 Å². The van der Waals surface area contributed by atoms with Gasteiger partial charge in [-0.05, 0) is 57.9 Å². The zero-order valence-corrected chi connectivity index (χ0v) is 32.7. The summed E-state index contributed by atoms with van der Waals surface area (Å²) >= 11 is 1.81. The Morgan fingerprint density at radius 1 is 0.417 bits per heavy atom. The van der Waals surface area contributed by atoms with Crippen LogP contribution in [0.2, 0.25) is 0 Å². The molecule has 6 heteroatoms. The van der Waals surface area contributed by atoms with E-state index in [1.54, 1.807) is 0 Å². The standard InChI is InChI=1S/C54H30N4OS/c1-2-16-32(17-3-1)57-42-30-29-31-15-4-5-18-33(31)46(42)47-36-21-7-6-20-35(36)45-38-22-8-11-26-41(38)58(50(45)51(47)57)54-55-49(48-39-23-9-12-27-43(39)59-53(48)56-54)40-25-14-24-37-34-19-10-13-28-44(34)60-52(37)40/h1-30H. The molecule has 0 radical (unpaired) electrons. The van der Waals surface area contributed by atoms with Crippen LogP contribution in [0.1, 0.15) is 0 Å². The molecule has 9 aromatic carbocycles. The molecule has 0 N–H and O–H groups in total. The number of hydrogen-bond acceptors (Lipinski definition) is 4. The van der Waals surface area contributed by atoms with Gasteiger partial charge in [-0.3, -0.25) is 4.57 Å². The molecule has 0 aliphatic carbocycles. The highest BCUT2D eigenvalue weighted by molar-refractivity contribution is 7.26. The number of aromatic nitrogens is 4. The predicted molar refractivity (Wildman–Crippen MR) is 251 cm³/mol. The largest absolute Gasteiger partial charge is 0.437 e. The molecule has 0 unspecified atom stereocenters. The minimum atomic E-state index is 0.562. The fourth-order valence-electron chi connectivity index (χ4n) is 10.1. The van der Waals surface area contributed by atoms with Crippen molar-refractivity contribution >= 4 is 119 Å². The summed E-state index contributed by atoms with van der Waals surface area (Å²) in [5, 5.41) is 14.0. The summed E-state index contributed by atoms with van der Waals surface area (Å²) in [6.45, 7) is 0. The molecule has 60 heavy (non-hydrogen) atoms. The molecular weight excluding hydrogens is 753 g/mol. The molecule has 14 rings (SSSR count). The van der Waals surface area contributed by atoms with Gasteiger partial charge in [-0.15, -0.1) is 11.3 Å². The highest BCUT2D eigenvalue weighted by Crippen LogP contribution is 2.49. The van der Waals surface area contributed by atoms with E-state index in [0.29, 0.717) is 11.7 Å². The summed E-state index contributed by atoms with van der Waals surface area (Å²) in [5.41, 5.74) is 8.70. The highest BCUT2D eigenvalue weighted by atomic mass is 32.1. The maximum atomic E-state index is 6.73. The maximum absolute atomic E-state index is 6.73. The van der Waals surface area contributed by atoms with E-state index in [2.05, 4.69) is 179 Å². The summed E-state index contributed by atoms with van der Waals surface area (Å²) in [7, 11) is 0. The van der Waals surface area contributed by atoms with Crippen LogP contribution in [0, 0.1) is 0 Å². The fraction of sp³-hybridized carbons (Fsp3) is 0. The lowest BCUT2D eigenvalue weighted by Gasteiger charge is -2.14. The molecule has 278 valence electrons. The van der Waals surface area contributed by atoms with E-state index < -0.39 is 0 Å². The van der Waals surface area contributed by atoms with Crippen LogP contribution in [0.15, 0.2) is 186 Å². The second-order valence-electron chi connectivity index (χ2n) is 15.6. The minimum absolute atomic E-state index is 0.562. The molecule has 0 fully saturated rings. The molecule has 0 aliphatic heterocycles. The number of benzene rings is 9. The number of rotatable bonds is 3. The van der Waals surface area contributed by atoms with E-state index >= 15 is 0 Å². The van der Waals surface area contributed by atoms with Gasteiger partial charge in [0, 0.05) is 58.4 Å². The zero-order chi connectivity index (χ0) is 39.1. The number of furan rings is 1. The number of nitrogens with zero attached hydrogens (tertiary/aromatic N) is 4. The lowest BCUT2D eigenvalue weighted by Crippen LogP contribution is -2.04. The lowest BCUT2D eigenvalue weighted by atomic mass is 9.96. The smallest absolute Gasteiger partial charge is 0.238 e. The molecule has 5 heterocycles. The van der Waals surface area contributed by atoms with Crippen molar-refractivity contribution in [3.63, 3.8) is 0 Å². The van der Waals surface area contributed by atoms with Gasteiger partial charge in [-0.2, -0.15) is 4.98 Å². The minimum Gasteiger partial charge on any atom is -0.437 e. The molecule has 0 spiro atoms. The third-order valence-corrected chi connectivity index (χ3v) is 13.7. The second-order valence-corrected chi connectivity index (χ2v) is 16.7. The van der Waals surface area contributed by atoms with Gasteiger partial charge in [-0.1, -0.05) is 146 Å². The maximum Gasteiger partial charge on any atom is 0.238 e. The molecule has 0 amide bonds. The number of hydrogen-bond donors (Lipinski definition) is 0. The second kappa shape index (κ2) is 11.9. The average molecular weight is 783 g/mol. The Morgan fingerprint density at radius 2 is 1.08 bits per heavy atom. The molecular formula is C54H30N4OS. The van der Waals surface area contributed by atoms with Gasteiger partial charge in [0.25, 0.3) is 0 Å². The quantitative estimate of drug-likeness (QED) is 0.179. The van der Waals surface area contributed by atoms with Crippen LogP contribution >= 0.6 is 11.3 Å². The normalized spacial score (nSPS) is 12.3. The number of para-hydroxylation sites is 3. The van der Waals surface area contributed by atoms with E-state index in [1.807, 2.05) is 23.5 Å². The Balaban J connectivity index is 1.23. The SMILES string of the molecule is c1ccc(-n2c3ccc4ccccc4c3c3c4ccccc4c4c5ccccc5n(-c5nc(-c6cccc7c6sc6ccccc67)c6c(n5)oc5ccccc56)c4c32)cc1. The summed E-state index contributed by atoms with van der Waals surface area (Å²) in [4.78, 5) is 11.2. The fourth-order valence-corrected chi connectivity index (χ4v) is 11.3. The number of thiophene rings is 1. The first kappa shape index (κ1) is 32.2. The zero-order valence-electron chi connectivity index (χ0n) is 31.9. The first-order chi connectivity index (χ1) is 29.8. The van der Waals surface area contributed by atoms with Crippen molar-refractivity contribution in [1.82, 2.24) is 19.1 Å². The van der Waals surface area contributed by atoms with E-state index in [4.69, 9.17) is 14.4 Å². The first-order valence-electron chi connectivity index (χ1n) is 20.3. The van der Waals surface area contributed by atoms with Crippen LogP contribution in [-0.2, 0) is 0 Å². The topological polar surface area (TPSA) is 48.8 Å². The van der Waals surface area contributed by atoms with Gasteiger partial charge in [0.2, 0.25) is 11.7 Å². The van der Waals surface area contributed by atoms with Crippen LogP contribution in [0.3, 0.4) is 0 Å². The van der Waals surface area contributed by atoms with Crippen LogP contribution in [0.4, 0.5) is 0 Å². The Bertz CT molecular complexity index is 4130. The molecule has 5 nitrogen and oxygen atoms in total.